The second-order valence-corrected chi connectivity index (χ2v) is 3.40. The summed E-state index contributed by atoms with van der Waals surface area (Å²) >= 11 is 0. The molecular weight excluding hydrogens is 249 g/mol. The van der Waals surface area contributed by atoms with E-state index in [2.05, 4.69) is 10.1 Å². The minimum Gasteiger partial charge on any atom is -0.366 e. The number of anilines is 1. The number of carbonyl (C=O) groups excluding carboxylic acids is 1. The van der Waals surface area contributed by atoms with Gasteiger partial charge in [-0.15, -0.1) is 5.10 Å². The molecule has 0 atom stereocenters. The Bertz CT molecular complexity index is 591. The van der Waals surface area contributed by atoms with Gasteiger partial charge in [0.05, 0.1) is 11.1 Å². The van der Waals surface area contributed by atoms with E-state index in [1.165, 1.54) is 12.1 Å². The summed E-state index contributed by atoms with van der Waals surface area (Å²) < 4.78 is 38.8. The first-order valence-electron chi connectivity index (χ1n) is 4.77. The molecule has 1 aromatic carbocycles. The van der Waals surface area contributed by atoms with E-state index in [1.54, 1.807) is 0 Å². The number of halogens is 3. The predicted octanol–water partition coefficient (Wildman–Crippen LogP) is 1.57. The standard InChI is InChI=1S/C10H7F3N4O/c11-10(12,13)7-4-2-1-3-6(7)8(18)17-5-15-9(14)16-17/h1-5H,(H2,14,16). The molecule has 0 aliphatic rings. The molecule has 2 rings (SSSR count). The van der Waals surface area contributed by atoms with Gasteiger partial charge in [0.25, 0.3) is 5.91 Å². The third kappa shape index (κ3) is 2.17. The van der Waals surface area contributed by atoms with Gasteiger partial charge >= 0.3 is 6.18 Å². The average molecular weight is 256 g/mol. The third-order valence-electron chi connectivity index (χ3n) is 2.18. The number of nitrogen functional groups attached to an aromatic ring is 1. The van der Waals surface area contributed by atoms with Crippen LogP contribution in [-0.2, 0) is 6.18 Å². The van der Waals surface area contributed by atoms with Crippen molar-refractivity contribution in [2.24, 2.45) is 0 Å². The smallest absolute Gasteiger partial charge is 0.366 e. The number of aromatic nitrogens is 3. The summed E-state index contributed by atoms with van der Waals surface area (Å²) in [4.78, 5) is 15.3. The van der Waals surface area contributed by atoms with Gasteiger partial charge in [-0.3, -0.25) is 4.79 Å². The Labute approximate surface area is 99.0 Å². The first kappa shape index (κ1) is 12.1. The summed E-state index contributed by atoms with van der Waals surface area (Å²) in [6.07, 6.45) is -3.65. The van der Waals surface area contributed by atoms with Crippen molar-refractivity contribution in [3.63, 3.8) is 0 Å². The van der Waals surface area contributed by atoms with Crippen LogP contribution in [0.5, 0.6) is 0 Å². The Kier molecular flexibility index (Phi) is 2.77. The fourth-order valence-corrected chi connectivity index (χ4v) is 1.41. The van der Waals surface area contributed by atoms with Gasteiger partial charge in [-0.25, -0.2) is 4.98 Å². The first-order chi connectivity index (χ1) is 8.39. The Morgan fingerprint density at radius 1 is 1.28 bits per heavy atom. The molecular formula is C10H7F3N4O. The van der Waals surface area contributed by atoms with Crippen LogP contribution in [-0.4, -0.2) is 20.7 Å². The molecule has 0 spiro atoms. The molecule has 2 aromatic rings. The summed E-state index contributed by atoms with van der Waals surface area (Å²) in [5.74, 6) is -1.13. The van der Waals surface area contributed by atoms with Crippen molar-refractivity contribution in [3.05, 3.63) is 41.7 Å². The number of hydrogen-bond acceptors (Lipinski definition) is 4. The van der Waals surface area contributed by atoms with Gasteiger partial charge in [-0.1, -0.05) is 12.1 Å². The topological polar surface area (TPSA) is 73.8 Å². The molecule has 1 aromatic heterocycles. The summed E-state index contributed by atoms with van der Waals surface area (Å²) in [7, 11) is 0. The number of rotatable bonds is 1. The molecule has 0 fully saturated rings. The van der Waals surface area contributed by atoms with Crippen LogP contribution < -0.4 is 5.73 Å². The normalized spacial score (nSPS) is 11.5. The zero-order chi connectivity index (χ0) is 13.3. The molecule has 1 heterocycles. The highest BCUT2D eigenvalue weighted by atomic mass is 19.4. The zero-order valence-electron chi connectivity index (χ0n) is 8.85. The minimum atomic E-state index is -4.61. The van der Waals surface area contributed by atoms with Gasteiger partial charge in [0.2, 0.25) is 5.95 Å². The van der Waals surface area contributed by atoms with Gasteiger partial charge in [0.15, 0.2) is 0 Å². The van der Waals surface area contributed by atoms with Crippen LogP contribution in [0.25, 0.3) is 0 Å². The number of nitrogens with zero attached hydrogens (tertiary/aromatic N) is 3. The van der Waals surface area contributed by atoms with Crippen molar-refractivity contribution in [1.82, 2.24) is 14.8 Å². The van der Waals surface area contributed by atoms with Crippen molar-refractivity contribution >= 4 is 11.9 Å². The van der Waals surface area contributed by atoms with E-state index in [0.29, 0.717) is 4.68 Å². The predicted molar refractivity (Wildman–Crippen MR) is 55.6 cm³/mol. The van der Waals surface area contributed by atoms with E-state index in [0.717, 1.165) is 18.5 Å². The SMILES string of the molecule is Nc1ncn(C(=O)c2ccccc2C(F)(F)F)n1. The number of nitrogens with two attached hydrogens (primary N) is 1. The molecule has 0 amide bonds. The average Bonchev–Trinajstić information content (AvgIpc) is 2.74. The van der Waals surface area contributed by atoms with Gasteiger partial charge in [0.1, 0.15) is 6.33 Å². The van der Waals surface area contributed by atoms with Crippen LogP contribution in [0, 0.1) is 0 Å². The van der Waals surface area contributed by atoms with Gasteiger partial charge in [-0.2, -0.15) is 17.9 Å². The van der Waals surface area contributed by atoms with E-state index in [1.807, 2.05) is 0 Å². The Morgan fingerprint density at radius 3 is 2.50 bits per heavy atom. The molecule has 5 nitrogen and oxygen atoms in total. The molecule has 0 saturated heterocycles. The molecule has 0 radical (unpaired) electrons. The number of carbonyl (C=O) groups is 1. The minimum absolute atomic E-state index is 0.187. The van der Waals surface area contributed by atoms with E-state index in [-0.39, 0.29) is 5.95 Å². The quantitative estimate of drug-likeness (QED) is 0.840. The molecule has 0 unspecified atom stereocenters. The summed E-state index contributed by atoms with van der Waals surface area (Å²) in [6, 6.07) is 4.44. The monoisotopic (exact) mass is 256 g/mol. The Morgan fingerprint density at radius 2 is 1.94 bits per heavy atom. The van der Waals surface area contributed by atoms with Crippen LogP contribution in [0.1, 0.15) is 15.9 Å². The molecule has 2 N–H and O–H groups in total. The number of alkyl halides is 3. The highest BCUT2D eigenvalue weighted by molar-refractivity contribution is 5.96. The van der Waals surface area contributed by atoms with Crippen molar-refractivity contribution in [2.45, 2.75) is 6.18 Å². The van der Waals surface area contributed by atoms with Gasteiger partial charge in [0, 0.05) is 0 Å². The zero-order valence-corrected chi connectivity index (χ0v) is 8.85. The van der Waals surface area contributed by atoms with Crippen LogP contribution in [0.4, 0.5) is 19.1 Å². The second kappa shape index (κ2) is 4.13. The van der Waals surface area contributed by atoms with Gasteiger partial charge < -0.3 is 5.73 Å². The molecule has 0 bridgehead atoms. The largest absolute Gasteiger partial charge is 0.417 e. The third-order valence-corrected chi connectivity index (χ3v) is 2.18. The number of benzene rings is 1. The molecule has 18 heavy (non-hydrogen) atoms. The maximum Gasteiger partial charge on any atom is 0.417 e. The van der Waals surface area contributed by atoms with Crippen LogP contribution >= 0.6 is 0 Å². The van der Waals surface area contributed by atoms with Crippen LogP contribution in [0.15, 0.2) is 30.6 Å². The maximum absolute atomic E-state index is 12.7. The lowest BCUT2D eigenvalue weighted by Crippen LogP contribution is -2.19. The summed E-state index contributed by atoms with van der Waals surface area (Å²) in [5, 5.41) is 3.48. The first-order valence-corrected chi connectivity index (χ1v) is 4.77. The van der Waals surface area contributed by atoms with Crippen molar-refractivity contribution in [2.75, 3.05) is 5.73 Å². The molecule has 0 aliphatic heterocycles. The van der Waals surface area contributed by atoms with Crippen molar-refractivity contribution in [3.8, 4) is 0 Å². The van der Waals surface area contributed by atoms with Crippen LogP contribution in [0.2, 0.25) is 0 Å². The van der Waals surface area contributed by atoms with Crippen LogP contribution in [0.3, 0.4) is 0 Å². The Balaban J connectivity index is 2.49. The molecule has 8 heteroatoms. The van der Waals surface area contributed by atoms with Crippen molar-refractivity contribution < 1.29 is 18.0 Å². The second-order valence-electron chi connectivity index (χ2n) is 3.40. The lowest BCUT2D eigenvalue weighted by atomic mass is 10.1. The van der Waals surface area contributed by atoms with E-state index in [9.17, 15) is 18.0 Å². The van der Waals surface area contributed by atoms with Gasteiger partial charge in [-0.05, 0) is 12.1 Å². The van der Waals surface area contributed by atoms with Crippen molar-refractivity contribution in [1.29, 1.82) is 0 Å². The highest BCUT2D eigenvalue weighted by Crippen LogP contribution is 2.32. The molecule has 94 valence electrons. The van der Waals surface area contributed by atoms with E-state index < -0.39 is 23.2 Å². The Hall–Kier alpha value is -2.38. The molecule has 0 saturated carbocycles. The maximum atomic E-state index is 12.7. The number of hydrogen-bond donors (Lipinski definition) is 1. The molecule has 0 aliphatic carbocycles. The fourth-order valence-electron chi connectivity index (χ4n) is 1.41. The van der Waals surface area contributed by atoms with E-state index >= 15 is 0 Å². The summed E-state index contributed by atoms with van der Waals surface area (Å²) in [6.45, 7) is 0. The van der Waals surface area contributed by atoms with E-state index in [4.69, 9.17) is 5.73 Å². The summed E-state index contributed by atoms with van der Waals surface area (Å²) in [5.41, 5.74) is 3.67. The lowest BCUT2D eigenvalue weighted by molar-refractivity contribution is -0.137. The lowest BCUT2D eigenvalue weighted by Gasteiger charge is -2.10. The fraction of sp³-hybridized carbons (Fsp3) is 0.100. The highest BCUT2D eigenvalue weighted by Gasteiger charge is 2.35.